The highest BCUT2D eigenvalue weighted by atomic mass is 32.1. The maximum absolute atomic E-state index is 5.85. The first kappa shape index (κ1) is 8.02. The van der Waals surface area contributed by atoms with Crippen molar-refractivity contribution >= 4 is 11.3 Å². The van der Waals surface area contributed by atoms with Crippen LogP contribution in [0.25, 0.3) is 0 Å². The normalized spacial score (nSPS) is 17.4. The molecule has 0 aliphatic heterocycles. The summed E-state index contributed by atoms with van der Waals surface area (Å²) < 4.78 is 0. The van der Waals surface area contributed by atoms with Crippen LogP contribution >= 0.6 is 11.3 Å². The molecule has 2 N–H and O–H groups in total. The molecule has 0 saturated heterocycles. The Morgan fingerprint density at radius 1 is 1.58 bits per heavy atom. The largest absolute Gasteiger partial charge is 0.320 e. The average Bonchev–Trinajstić information content (AvgIpc) is 2.60. The Balaban J connectivity index is 2.30. The van der Waals surface area contributed by atoms with Gasteiger partial charge >= 0.3 is 0 Å². The smallest absolute Gasteiger partial charge is 0.0573 e. The molecule has 1 unspecified atom stereocenters. The number of nitrogens with two attached hydrogens (primary N) is 1. The van der Waals surface area contributed by atoms with E-state index in [-0.39, 0.29) is 6.04 Å². The molecule has 1 aliphatic carbocycles. The van der Waals surface area contributed by atoms with Crippen molar-refractivity contribution in [2.24, 2.45) is 5.73 Å². The molecule has 1 heterocycles. The molecule has 0 aromatic carbocycles. The summed E-state index contributed by atoms with van der Waals surface area (Å²) in [5, 5.41) is 0. The van der Waals surface area contributed by atoms with Crippen LogP contribution in [0.4, 0.5) is 0 Å². The van der Waals surface area contributed by atoms with Crippen LogP contribution in [-0.2, 0) is 12.8 Å². The Bertz CT molecular complexity index is 279. The topological polar surface area (TPSA) is 26.0 Å². The summed E-state index contributed by atoms with van der Waals surface area (Å²) in [6.07, 6.45) is 5.63. The fraction of sp³-hybridized carbons (Fsp3) is 0.400. The van der Waals surface area contributed by atoms with Gasteiger partial charge in [-0.2, -0.15) is 0 Å². The van der Waals surface area contributed by atoms with E-state index in [0.717, 1.165) is 0 Å². The summed E-state index contributed by atoms with van der Waals surface area (Å²) in [6, 6.07) is 2.29. The molecular weight excluding hydrogens is 166 g/mol. The lowest BCUT2D eigenvalue weighted by atomic mass is 10.2. The van der Waals surface area contributed by atoms with Gasteiger partial charge in [0.2, 0.25) is 0 Å². The zero-order valence-corrected chi connectivity index (χ0v) is 7.86. The minimum absolute atomic E-state index is 0.0422. The zero-order chi connectivity index (χ0) is 8.55. The number of fused-ring (bicyclic) bond motifs is 1. The molecule has 0 saturated carbocycles. The highest BCUT2D eigenvalue weighted by molar-refractivity contribution is 7.12. The van der Waals surface area contributed by atoms with Gasteiger partial charge in [-0.1, -0.05) is 6.08 Å². The Labute approximate surface area is 76.9 Å². The van der Waals surface area contributed by atoms with Crippen LogP contribution in [0.5, 0.6) is 0 Å². The van der Waals surface area contributed by atoms with Crippen molar-refractivity contribution in [2.75, 3.05) is 0 Å². The summed E-state index contributed by atoms with van der Waals surface area (Å²) in [5.41, 5.74) is 7.37. The lowest BCUT2D eigenvalue weighted by Crippen LogP contribution is -2.03. The summed E-state index contributed by atoms with van der Waals surface area (Å²) in [5.74, 6) is 0. The van der Waals surface area contributed by atoms with E-state index in [1.807, 2.05) is 11.3 Å². The van der Waals surface area contributed by atoms with Gasteiger partial charge in [0.25, 0.3) is 0 Å². The monoisotopic (exact) mass is 179 g/mol. The number of hydrogen-bond donors (Lipinski definition) is 1. The van der Waals surface area contributed by atoms with Gasteiger partial charge in [-0.25, -0.2) is 0 Å². The van der Waals surface area contributed by atoms with Crippen molar-refractivity contribution in [3.63, 3.8) is 0 Å². The maximum atomic E-state index is 5.85. The number of thiophene rings is 1. The first-order chi connectivity index (χ1) is 5.81. The zero-order valence-electron chi connectivity index (χ0n) is 7.05. The second kappa shape index (κ2) is 3.04. The summed E-state index contributed by atoms with van der Waals surface area (Å²) in [6.45, 7) is 3.70. The molecular formula is C10H13NS. The van der Waals surface area contributed by atoms with E-state index >= 15 is 0 Å². The molecule has 0 radical (unpaired) electrons. The summed E-state index contributed by atoms with van der Waals surface area (Å²) >= 11 is 1.86. The molecule has 12 heavy (non-hydrogen) atoms. The highest BCUT2D eigenvalue weighted by Crippen LogP contribution is 2.33. The van der Waals surface area contributed by atoms with Gasteiger partial charge in [0, 0.05) is 9.75 Å². The van der Waals surface area contributed by atoms with Crippen LogP contribution < -0.4 is 5.73 Å². The molecule has 64 valence electrons. The van der Waals surface area contributed by atoms with Crippen LogP contribution in [-0.4, -0.2) is 0 Å². The Hall–Kier alpha value is -0.600. The van der Waals surface area contributed by atoms with E-state index < -0.39 is 0 Å². The summed E-state index contributed by atoms with van der Waals surface area (Å²) in [4.78, 5) is 2.82. The van der Waals surface area contributed by atoms with Crippen LogP contribution in [0, 0.1) is 0 Å². The standard InChI is InChI=1S/C10H13NS/c1-2-8(11)10-6-7-4-3-5-9(7)12-10/h2,6,8H,1,3-5,11H2. The third-order valence-corrected chi connectivity index (χ3v) is 3.69. The van der Waals surface area contributed by atoms with Crippen molar-refractivity contribution in [1.82, 2.24) is 0 Å². The third kappa shape index (κ3) is 1.21. The second-order valence-corrected chi connectivity index (χ2v) is 4.38. The first-order valence-corrected chi connectivity index (χ1v) is 5.12. The van der Waals surface area contributed by atoms with Crippen molar-refractivity contribution < 1.29 is 0 Å². The van der Waals surface area contributed by atoms with Crippen molar-refractivity contribution in [3.05, 3.63) is 34.0 Å². The molecule has 1 aromatic rings. The molecule has 1 aromatic heterocycles. The summed E-state index contributed by atoms with van der Waals surface area (Å²) in [7, 11) is 0. The van der Waals surface area contributed by atoms with Gasteiger partial charge < -0.3 is 5.73 Å². The van der Waals surface area contributed by atoms with Gasteiger partial charge in [-0.3, -0.25) is 0 Å². The van der Waals surface area contributed by atoms with Crippen LogP contribution in [0.2, 0.25) is 0 Å². The van der Waals surface area contributed by atoms with E-state index in [1.165, 1.54) is 29.7 Å². The highest BCUT2D eigenvalue weighted by Gasteiger charge is 2.16. The molecule has 1 nitrogen and oxygen atoms in total. The number of aryl methyl sites for hydroxylation is 2. The van der Waals surface area contributed by atoms with Crippen molar-refractivity contribution in [3.8, 4) is 0 Å². The Morgan fingerprint density at radius 3 is 3.08 bits per heavy atom. The molecule has 0 spiro atoms. The quantitative estimate of drug-likeness (QED) is 0.693. The van der Waals surface area contributed by atoms with E-state index in [0.29, 0.717) is 0 Å². The lowest BCUT2D eigenvalue weighted by molar-refractivity contribution is 0.903. The second-order valence-electron chi connectivity index (χ2n) is 3.21. The van der Waals surface area contributed by atoms with E-state index in [2.05, 4.69) is 12.6 Å². The van der Waals surface area contributed by atoms with Gasteiger partial charge in [0.05, 0.1) is 6.04 Å². The van der Waals surface area contributed by atoms with Gasteiger partial charge in [-0.05, 0) is 30.9 Å². The minimum atomic E-state index is 0.0422. The van der Waals surface area contributed by atoms with Crippen LogP contribution in [0.15, 0.2) is 18.7 Å². The van der Waals surface area contributed by atoms with E-state index in [9.17, 15) is 0 Å². The predicted molar refractivity (Wildman–Crippen MR) is 53.5 cm³/mol. The van der Waals surface area contributed by atoms with E-state index in [1.54, 1.807) is 11.0 Å². The third-order valence-electron chi connectivity index (χ3n) is 2.35. The van der Waals surface area contributed by atoms with Gasteiger partial charge in [0.1, 0.15) is 0 Å². The number of rotatable bonds is 2. The van der Waals surface area contributed by atoms with Crippen molar-refractivity contribution in [2.45, 2.75) is 25.3 Å². The van der Waals surface area contributed by atoms with Crippen LogP contribution in [0.3, 0.4) is 0 Å². The first-order valence-electron chi connectivity index (χ1n) is 4.31. The molecule has 0 amide bonds. The van der Waals surface area contributed by atoms with Crippen molar-refractivity contribution in [1.29, 1.82) is 0 Å². The fourth-order valence-electron chi connectivity index (χ4n) is 1.63. The lowest BCUT2D eigenvalue weighted by Gasteiger charge is -2.00. The minimum Gasteiger partial charge on any atom is -0.320 e. The SMILES string of the molecule is C=CC(N)c1cc2c(s1)CCC2. The molecule has 2 rings (SSSR count). The molecule has 2 heteroatoms. The van der Waals surface area contributed by atoms with Crippen LogP contribution in [0.1, 0.15) is 27.8 Å². The fourth-order valence-corrected chi connectivity index (χ4v) is 2.89. The molecule has 0 fully saturated rings. The average molecular weight is 179 g/mol. The Morgan fingerprint density at radius 2 is 2.42 bits per heavy atom. The molecule has 1 atom stereocenters. The maximum Gasteiger partial charge on any atom is 0.0573 e. The van der Waals surface area contributed by atoms with E-state index in [4.69, 9.17) is 5.73 Å². The van der Waals surface area contributed by atoms with Gasteiger partial charge in [-0.15, -0.1) is 17.9 Å². The molecule has 0 bridgehead atoms. The number of hydrogen-bond acceptors (Lipinski definition) is 2. The predicted octanol–water partition coefficient (Wildman–Crippen LogP) is 2.42. The molecule has 1 aliphatic rings. The Kier molecular flexibility index (Phi) is 2.03. The van der Waals surface area contributed by atoms with Gasteiger partial charge in [0.15, 0.2) is 0 Å².